The van der Waals surface area contributed by atoms with E-state index in [0.29, 0.717) is 0 Å². The number of nitrogens with zero attached hydrogens (tertiary/aromatic N) is 1. The van der Waals surface area contributed by atoms with Crippen LogP contribution in [0.1, 0.15) is 19.4 Å². The molecule has 1 aliphatic heterocycles. The Labute approximate surface area is 107 Å². The van der Waals surface area contributed by atoms with Crippen molar-refractivity contribution in [2.45, 2.75) is 19.3 Å². The van der Waals surface area contributed by atoms with Gasteiger partial charge < -0.3 is 9.64 Å². The Morgan fingerprint density at radius 3 is 2.50 bits per heavy atom. The Morgan fingerprint density at radius 2 is 1.94 bits per heavy atom. The maximum Gasteiger partial charge on any atom is 0.326 e. The Bertz CT molecular complexity index is 510. The van der Waals surface area contributed by atoms with Crippen molar-refractivity contribution in [2.75, 3.05) is 19.1 Å². The van der Waals surface area contributed by atoms with Crippen molar-refractivity contribution in [3.63, 3.8) is 0 Å². The maximum atomic E-state index is 12.6. The molecule has 0 saturated heterocycles. The fourth-order valence-corrected chi connectivity index (χ4v) is 2.74. The van der Waals surface area contributed by atoms with E-state index in [4.69, 9.17) is 4.74 Å². The van der Waals surface area contributed by atoms with Gasteiger partial charge in [-0.15, -0.1) is 0 Å². The van der Waals surface area contributed by atoms with Gasteiger partial charge in [-0.25, -0.2) is 0 Å². The van der Waals surface area contributed by atoms with Crippen LogP contribution in [0.15, 0.2) is 24.3 Å². The molecule has 96 valence electrons. The number of esters is 1. The number of anilines is 1. The number of hydrogen-bond acceptors (Lipinski definition) is 3. The zero-order chi connectivity index (χ0) is 13.5. The molecule has 1 amide bonds. The molecular formula is C14H17NO3. The van der Waals surface area contributed by atoms with Crippen LogP contribution in [0.25, 0.3) is 0 Å². The molecule has 18 heavy (non-hydrogen) atoms. The maximum absolute atomic E-state index is 12.6. The van der Waals surface area contributed by atoms with E-state index < -0.39 is 11.4 Å². The molecule has 1 aromatic rings. The summed E-state index contributed by atoms with van der Waals surface area (Å²) in [5, 5.41) is 0. The lowest BCUT2D eigenvalue weighted by molar-refractivity contribution is -0.153. The average Bonchev–Trinajstić information content (AvgIpc) is 2.60. The predicted molar refractivity (Wildman–Crippen MR) is 68.4 cm³/mol. The number of likely N-dealkylation sites (N-methyl/N-ethyl adjacent to an activating group) is 1. The molecule has 0 N–H and O–H groups in total. The second-order valence-corrected chi connectivity index (χ2v) is 4.84. The Hall–Kier alpha value is -1.84. The van der Waals surface area contributed by atoms with Crippen LogP contribution in [0, 0.1) is 5.92 Å². The fraction of sp³-hybridized carbons (Fsp3) is 0.429. The van der Waals surface area contributed by atoms with Crippen molar-refractivity contribution in [2.24, 2.45) is 5.92 Å². The van der Waals surface area contributed by atoms with Crippen molar-refractivity contribution in [3.8, 4) is 0 Å². The molecule has 0 aromatic heterocycles. The van der Waals surface area contributed by atoms with Crippen LogP contribution >= 0.6 is 0 Å². The highest BCUT2D eigenvalue weighted by atomic mass is 16.5. The minimum atomic E-state index is -1.21. The summed E-state index contributed by atoms with van der Waals surface area (Å²) in [5.74, 6) is -0.867. The summed E-state index contributed by atoms with van der Waals surface area (Å²) in [6, 6.07) is 7.37. The first-order chi connectivity index (χ1) is 8.47. The molecule has 0 unspecified atom stereocenters. The van der Waals surface area contributed by atoms with Crippen molar-refractivity contribution in [1.29, 1.82) is 0 Å². The van der Waals surface area contributed by atoms with Crippen LogP contribution in [0.2, 0.25) is 0 Å². The first kappa shape index (κ1) is 12.6. The van der Waals surface area contributed by atoms with Crippen LogP contribution in [0.4, 0.5) is 5.69 Å². The normalized spacial score (nSPS) is 22.3. The monoisotopic (exact) mass is 247 g/mol. The van der Waals surface area contributed by atoms with E-state index in [9.17, 15) is 9.59 Å². The molecule has 0 saturated carbocycles. The van der Waals surface area contributed by atoms with Gasteiger partial charge in [0.1, 0.15) is 0 Å². The molecule has 0 radical (unpaired) electrons. The topological polar surface area (TPSA) is 46.6 Å². The molecule has 0 bridgehead atoms. The fourth-order valence-electron chi connectivity index (χ4n) is 2.74. The van der Waals surface area contributed by atoms with E-state index >= 15 is 0 Å². The van der Waals surface area contributed by atoms with Crippen molar-refractivity contribution in [1.82, 2.24) is 0 Å². The van der Waals surface area contributed by atoms with Crippen LogP contribution < -0.4 is 4.90 Å². The van der Waals surface area contributed by atoms with Crippen molar-refractivity contribution < 1.29 is 14.3 Å². The summed E-state index contributed by atoms with van der Waals surface area (Å²) in [6.07, 6.45) is 0. The third-order valence-electron chi connectivity index (χ3n) is 3.71. The van der Waals surface area contributed by atoms with Gasteiger partial charge in [0.15, 0.2) is 5.41 Å². The Kier molecular flexibility index (Phi) is 2.89. The van der Waals surface area contributed by atoms with E-state index in [1.54, 1.807) is 7.05 Å². The number of benzene rings is 1. The zero-order valence-corrected chi connectivity index (χ0v) is 11.1. The summed E-state index contributed by atoms with van der Waals surface area (Å²) in [7, 11) is 3.01. The number of carbonyl (C=O) groups is 2. The number of hydrogen-bond donors (Lipinski definition) is 0. The minimum absolute atomic E-state index is 0.163. The minimum Gasteiger partial charge on any atom is -0.468 e. The van der Waals surface area contributed by atoms with Crippen LogP contribution in [0.3, 0.4) is 0 Å². The highest BCUT2D eigenvalue weighted by Crippen LogP contribution is 2.46. The summed E-state index contributed by atoms with van der Waals surface area (Å²) in [6.45, 7) is 3.73. The van der Waals surface area contributed by atoms with Crippen LogP contribution in [-0.4, -0.2) is 26.0 Å². The van der Waals surface area contributed by atoms with Gasteiger partial charge in [-0.2, -0.15) is 0 Å². The lowest BCUT2D eigenvalue weighted by Crippen LogP contribution is -2.49. The van der Waals surface area contributed by atoms with Gasteiger partial charge in [0.2, 0.25) is 5.91 Å². The number of ether oxygens (including phenoxy) is 1. The molecule has 4 nitrogen and oxygen atoms in total. The quantitative estimate of drug-likeness (QED) is 0.590. The van der Waals surface area contributed by atoms with Gasteiger partial charge >= 0.3 is 5.97 Å². The van der Waals surface area contributed by atoms with Gasteiger partial charge in [0.05, 0.1) is 7.11 Å². The van der Waals surface area contributed by atoms with Gasteiger partial charge in [0, 0.05) is 18.3 Å². The smallest absolute Gasteiger partial charge is 0.326 e. The average molecular weight is 247 g/mol. The Balaban J connectivity index is 2.75. The SMILES string of the molecule is COC(=O)[C@]1(C(C)C)C(=O)N(C)c2ccccc21. The van der Waals surface area contributed by atoms with E-state index in [0.717, 1.165) is 11.3 Å². The van der Waals surface area contributed by atoms with Gasteiger partial charge in [0.25, 0.3) is 0 Å². The lowest BCUT2D eigenvalue weighted by Gasteiger charge is -2.29. The zero-order valence-electron chi connectivity index (χ0n) is 11.1. The molecule has 2 rings (SSSR count). The van der Waals surface area contributed by atoms with Crippen molar-refractivity contribution in [3.05, 3.63) is 29.8 Å². The second kappa shape index (κ2) is 4.12. The van der Waals surface area contributed by atoms with Crippen LogP contribution in [-0.2, 0) is 19.7 Å². The van der Waals surface area contributed by atoms with Crippen molar-refractivity contribution >= 4 is 17.6 Å². The van der Waals surface area contributed by atoms with Crippen LogP contribution in [0.5, 0.6) is 0 Å². The number of amides is 1. The molecule has 0 fully saturated rings. The van der Waals surface area contributed by atoms with E-state index in [1.807, 2.05) is 38.1 Å². The standard InChI is InChI=1S/C14H17NO3/c1-9(2)14(13(17)18-4)10-7-5-6-8-11(10)15(3)12(14)16/h5-9H,1-4H3/t14-/m0/s1. The van der Waals surface area contributed by atoms with E-state index in [-0.39, 0.29) is 11.8 Å². The molecule has 0 spiro atoms. The second-order valence-electron chi connectivity index (χ2n) is 4.84. The summed E-state index contributed by atoms with van der Waals surface area (Å²) in [5.41, 5.74) is 0.307. The number of carbonyl (C=O) groups excluding carboxylic acids is 2. The van der Waals surface area contributed by atoms with E-state index in [2.05, 4.69) is 0 Å². The lowest BCUT2D eigenvalue weighted by atomic mass is 9.72. The number of methoxy groups -OCH3 is 1. The summed E-state index contributed by atoms with van der Waals surface area (Å²) < 4.78 is 4.89. The van der Waals surface area contributed by atoms with Gasteiger partial charge in [-0.1, -0.05) is 32.0 Å². The molecule has 0 aliphatic carbocycles. The third-order valence-corrected chi connectivity index (χ3v) is 3.71. The third kappa shape index (κ3) is 1.32. The van der Waals surface area contributed by atoms with Gasteiger partial charge in [-0.3, -0.25) is 9.59 Å². The first-order valence-electron chi connectivity index (χ1n) is 5.94. The molecule has 1 aliphatic rings. The molecular weight excluding hydrogens is 230 g/mol. The molecule has 1 aromatic carbocycles. The number of para-hydroxylation sites is 1. The number of fused-ring (bicyclic) bond motifs is 1. The molecule has 1 heterocycles. The highest BCUT2D eigenvalue weighted by Gasteiger charge is 2.58. The first-order valence-corrected chi connectivity index (χ1v) is 5.94. The summed E-state index contributed by atoms with van der Waals surface area (Å²) in [4.78, 5) is 26.3. The Morgan fingerprint density at radius 1 is 1.33 bits per heavy atom. The van der Waals surface area contributed by atoms with E-state index in [1.165, 1.54) is 12.0 Å². The molecule has 1 atom stereocenters. The highest BCUT2D eigenvalue weighted by molar-refractivity contribution is 6.20. The van der Waals surface area contributed by atoms with Gasteiger partial charge in [-0.05, 0) is 12.0 Å². The predicted octanol–water partition coefficient (Wildman–Crippen LogP) is 1.73. The largest absolute Gasteiger partial charge is 0.468 e. The number of rotatable bonds is 2. The summed E-state index contributed by atoms with van der Waals surface area (Å²) >= 11 is 0. The molecule has 4 heteroatoms.